The molecular weight excluding hydrogens is 489 g/mol. The van der Waals surface area contributed by atoms with Crippen molar-refractivity contribution in [2.45, 2.75) is 43.9 Å². The highest BCUT2D eigenvalue weighted by Gasteiger charge is 2.30. The second-order valence-corrected chi connectivity index (χ2v) is 11.0. The summed E-state index contributed by atoms with van der Waals surface area (Å²) in [6.45, 7) is 1.19. The third-order valence-corrected chi connectivity index (χ3v) is 8.51. The van der Waals surface area contributed by atoms with Gasteiger partial charge >= 0.3 is 0 Å². The van der Waals surface area contributed by atoms with Gasteiger partial charge in [0.2, 0.25) is 0 Å². The summed E-state index contributed by atoms with van der Waals surface area (Å²) in [7, 11) is 0. The van der Waals surface area contributed by atoms with Crippen LogP contribution in [0.15, 0.2) is 48.7 Å². The van der Waals surface area contributed by atoms with Crippen LogP contribution in [0.5, 0.6) is 0 Å². The van der Waals surface area contributed by atoms with E-state index in [9.17, 15) is 14.3 Å². The molecule has 37 heavy (non-hydrogen) atoms. The van der Waals surface area contributed by atoms with Crippen LogP contribution in [-0.4, -0.2) is 50.9 Å². The van der Waals surface area contributed by atoms with E-state index in [2.05, 4.69) is 5.10 Å². The summed E-state index contributed by atoms with van der Waals surface area (Å²) in [5, 5.41) is 24.5. The van der Waals surface area contributed by atoms with Gasteiger partial charge in [0.25, 0.3) is 5.91 Å². The number of hydrogen-bond acceptors (Lipinski definition) is 6. The Balaban J connectivity index is 1.42. The molecular formula is C28H26FN5O2S. The molecule has 9 heteroatoms. The predicted molar refractivity (Wildman–Crippen MR) is 141 cm³/mol. The first-order chi connectivity index (χ1) is 17.9. The number of hydrogen-bond donors (Lipinski definition) is 2. The molecule has 3 N–H and O–H groups in total. The van der Waals surface area contributed by atoms with Crippen LogP contribution in [0.25, 0.3) is 32.5 Å². The molecule has 1 amide bonds. The van der Waals surface area contributed by atoms with Crippen LogP contribution >= 0.6 is 11.3 Å². The van der Waals surface area contributed by atoms with E-state index >= 15 is 0 Å². The van der Waals surface area contributed by atoms with Crippen molar-refractivity contribution in [3.05, 3.63) is 64.9 Å². The van der Waals surface area contributed by atoms with Gasteiger partial charge < -0.3 is 15.7 Å². The summed E-state index contributed by atoms with van der Waals surface area (Å²) < 4.78 is 16.5. The largest absolute Gasteiger partial charge is 0.393 e. The zero-order valence-electron chi connectivity index (χ0n) is 20.1. The van der Waals surface area contributed by atoms with Crippen LogP contribution in [0, 0.1) is 17.1 Å². The van der Waals surface area contributed by atoms with Gasteiger partial charge in [-0.05, 0) is 67.1 Å². The first kappa shape index (κ1) is 23.8. The van der Waals surface area contributed by atoms with E-state index in [1.165, 1.54) is 23.5 Å². The number of likely N-dealkylation sites (tertiary alicyclic amines) is 1. The highest BCUT2D eigenvalue weighted by atomic mass is 32.1. The molecule has 0 radical (unpaired) electrons. The molecule has 7 nitrogen and oxygen atoms in total. The number of nitrogens with two attached hydrogens (primary N) is 1. The van der Waals surface area contributed by atoms with Crippen molar-refractivity contribution in [3.8, 4) is 27.6 Å². The second kappa shape index (κ2) is 9.38. The molecule has 1 atom stereocenters. The van der Waals surface area contributed by atoms with Gasteiger partial charge in [-0.15, -0.1) is 11.3 Å². The number of aliphatic hydroxyl groups excluding tert-OH is 1. The maximum Gasteiger partial charge on any atom is 0.264 e. The second-order valence-electron chi connectivity index (χ2n) is 9.98. The van der Waals surface area contributed by atoms with Crippen LogP contribution in [0.4, 0.5) is 4.39 Å². The number of carbonyl (C=O) groups excluding carboxylic acids is 1. The molecule has 2 aromatic heterocycles. The number of rotatable bonds is 4. The minimum absolute atomic E-state index is 0.0194. The summed E-state index contributed by atoms with van der Waals surface area (Å²) in [4.78, 5) is 16.6. The highest BCUT2D eigenvalue weighted by Crippen LogP contribution is 2.42. The first-order valence-corrected chi connectivity index (χ1v) is 13.3. The lowest BCUT2D eigenvalue weighted by Gasteiger charge is -2.31. The van der Waals surface area contributed by atoms with Crippen LogP contribution in [0.3, 0.4) is 0 Å². The van der Waals surface area contributed by atoms with Crippen LogP contribution in [-0.2, 0) is 0 Å². The fourth-order valence-electron chi connectivity index (χ4n) is 5.20. The summed E-state index contributed by atoms with van der Waals surface area (Å²) >= 11 is 1.38. The molecule has 2 aromatic carbocycles. The molecule has 1 aliphatic carbocycles. The molecule has 0 unspecified atom stereocenters. The van der Waals surface area contributed by atoms with E-state index < -0.39 is 5.82 Å². The Labute approximate surface area is 217 Å². The lowest BCUT2D eigenvalue weighted by Crippen LogP contribution is -2.45. The number of piperidine rings is 1. The van der Waals surface area contributed by atoms with Gasteiger partial charge in [0.05, 0.1) is 28.1 Å². The minimum atomic E-state index is -0.591. The number of aliphatic hydroxyl groups is 1. The number of aromatic nitrogens is 2. The van der Waals surface area contributed by atoms with E-state index in [-0.39, 0.29) is 29.7 Å². The smallest absolute Gasteiger partial charge is 0.264 e. The van der Waals surface area contributed by atoms with Crippen molar-refractivity contribution in [2.24, 2.45) is 5.73 Å². The molecule has 0 bridgehead atoms. The van der Waals surface area contributed by atoms with Gasteiger partial charge in [0.1, 0.15) is 11.9 Å². The molecule has 6 rings (SSSR count). The lowest BCUT2D eigenvalue weighted by atomic mass is 9.90. The highest BCUT2D eigenvalue weighted by molar-refractivity contribution is 7.18. The fourth-order valence-corrected chi connectivity index (χ4v) is 6.34. The van der Waals surface area contributed by atoms with Crippen molar-refractivity contribution in [1.82, 2.24) is 14.7 Å². The van der Waals surface area contributed by atoms with Crippen LogP contribution in [0.1, 0.15) is 47.0 Å². The molecule has 0 spiro atoms. The van der Waals surface area contributed by atoms with Crippen molar-refractivity contribution in [2.75, 3.05) is 13.1 Å². The molecule has 3 heterocycles. The van der Waals surface area contributed by atoms with E-state index in [1.807, 2.05) is 41.2 Å². The van der Waals surface area contributed by atoms with Crippen molar-refractivity contribution >= 4 is 28.1 Å². The maximum atomic E-state index is 14.6. The SMILES string of the molecule is N#Cc1ccc(-c2cc(C(=O)N3CCC[C@@H](N)C3)sc2-c2ccc3nn(C4CC(O)C4)cc3c2)cc1F. The molecule has 2 aliphatic rings. The number of fused-ring (bicyclic) bond motifs is 1. The van der Waals surface area contributed by atoms with Crippen molar-refractivity contribution in [3.63, 3.8) is 0 Å². The minimum Gasteiger partial charge on any atom is -0.393 e. The van der Waals surface area contributed by atoms with Gasteiger partial charge in [-0.3, -0.25) is 9.48 Å². The number of carbonyl (C=O) groups is 1. The maximum absolute atomic E-state index is 14.6. The standard InChI is InChI=1S/C28H26FN5O2S/c29-24-9-16(3-4-18(24)13-30)23-12-26(28(36)33-7-1-2-20(31)15-33)37-27(23)17-5-6-25-19(8-17)14-34(32-25)21-10-22(35)11-21/h3-6,8-9,12,14,20-22,35H,1-2,7,10-11,15,31H2/t20-,21?,22?/m1/s1. The summed E-state index contributed by atoms with van der Waals surface area (Å²) in [5.74, 6) is -0.661. The molecule has 4 aromatic rings. The zero-order chi connectivity index (χ0) is 25.7. The summed E-state index contributed by atoms with van der Waals surface area (Å²) in [6, 6.07) is 14.4. The van der Waals surface area contributed by atoms with Crippen LogP contribution in [0.2, 0.25) is 0 Å². The Morgan fingerprint density at radius 1 is 1.19 bits per heavy atom. The zero-order valence-corrected chi connectivity index (χ0v) is 20.9. The Kier molecular flexibility index (Phi) is 6.03. The third-order valence-electron chi connectivity index (χ3n) is 7.34. The monoisotopic (exact) mass is 515 g/mol. The Morgan fingerprint density at radius 3 is 2.73 bits per heavy atom. The fraction of sp³-hybridized carbons (Fsp3) is 0.321. The number of halogens is 1. The molecule has 1 aliphatic heterocycles. The topological polar surface area (TPSA) is 108 Å². The third kappa shape index (κ3) is 4.42. The molecule has 2 fully saturated rings. The summed E-state index contributed by atoms with van der Waals surface area (Å²) in [6.07, 6.45) is 4.91. The van der Waals surface area contributed by atoms with Gasteiger partial charge in [0, 0.05) is 41.2 Å². The van der Waals surface area contributed by atoms with E-state index in [0.717, 1.165) is 39.7 Å². The lowest BCUT2D eigenvalue weighted by molar-refractivity contribution is 0.0437. The quantitative estimate of drug-likeness (QED) is 0.410. The Bertz CT molecular complexity index is 1550. The normalized spacial score (nSPS) is 21.6. The number of nitrogens with zero attached hydrogens (tertiary/aromatic N) is 4. The van der Waals surface area contributed by atoms with E-state index in [4.69, 9.17) is 11.0 Å². The molecule has 1 saturated heterocycles. The number of nitriles is 1. The van der Waals surface area contributed by atoms with Gasteiger partial charge in [-0.1, -0.05) is 12.1 Å². The van der Waals surface area contributed by atoms with Gasteiger partial charge in [-0.2, -0.15) is 10.4 Å². The Hall–Kier alpha value is -3.58. The summed E-state index contributed by atoms with van der Waals surface area (Å²) in [5.41, 5.74) is 9.21. The van der Waals surface area contributed by atoms with E-state index in [0.29, 0.717) is 36.4 Å². The average molecular weight is 516 g/mol. The number of thiophene rings is 1. The van der Waals surface area contributed by atoms with Crippen LogP contribution < -0.4 is 5.73 Å². The Morgan fingerprint density at radius 2 is 2.00 bits per heavy atom. The van der Waals surface area contributed by atoms with Gasteiger partial charge in [-0.25, -0.2) is 4.39 Å². The molecule has 1 saturated carbocycles. The average Bonchev–Trinajstić information content (AvgIpc) is 3.50. The van der Waals surface area contributed by atoms with Crippen molar-refractivity contribution in [1.29, 1.82) is 5.26 Å². The molecule has 188 valence electrons. The van der Waals surface area contributed by atoms with Crippen molar-refractivity contribution < 1.29 is 14.3 Å². The van der Waals surface area contributed by atoms with Gasteiger partial charge in [0.15, 0.2) is 0 Å². The number of amides is 1. The predicted octanol–water partition coefficient (Wildman–Crippen LogP) is 4.70. The van der Waals surface area contributed by atoms with E-state index in [1.54, 1.807) is 11.0 Å². The number of benzene rings is 2. The first-order valence-electron chi connectivity index (χ1n) is 12.5.